The van der Waals surface area contributed by atoms with Crippen molar-refractivity contribution in [1.82, 2.24) is 5.32 Å². The Morgan fingerprint density at radius 2 is 2.06 bits per heavy atom. The Bertz CT molecular complexity index is 380. The second-order valence-corrected chi connectivity index (χ2v) is 8.43. The Morgan fingerprint density at radius 3 is 2.67 bits per heavy atom. The van der Waals surface area contributed by atoms with E-state index in [2.05, 4.69) is 53.5 Å². The van der Waals surface area contributed by atoms with E-state index in [1.165, 1.54) is 41.6 Å². The molecule has 1 fully saturated rings. The van der Waals surface area contributed by atoms with Crippen LogP contribution in [0.25, 0.3) is 0 Å². The molecule has 1 N–H and O–H groups in total. The van der Waals surface area contributed by atoms with Crippen LogP contribution in [0.3, 0.4) is 0 Å². The lowest BCUT2D eigenvalue weighted by molar-refractivity contribution is 0.318. The summed E-state index contributed by atoms with van der Waals surface area (Å²) in [6.45, 7) is 7.95. The molecule has 0 bridgehead atoms. The normalized spacial score (nSPS) is 24.7. The molecule has 1 aliphatic carbocycles. The van der Waals surface area contributed by atoms with Crippen LogP contribution in [0.4, 0.5) is 0 Å². The van der Waals surface area contributed by atoms with Crippen LogP contribution in [0, 0.1) is 11.8 Å². The van der Waals surface area contributed by atoms with Gasteiger partial charge in [0.05, 0.1) is 0 Å². The van der Waals surface area contributed by atoms with Gasteiger partial charge in [-0.1, -0.05) is 6.42 Å². The molecule has 1 heterocycles. The summed E-state index contributed by atoms with van der Waals surface area (Å²) in [5.41, 5.74) is 0.249. The SMILES string of the molecule is CC(C)(C)NCC1CCCC1Cc1cc(Br)cs1. The van der Waals surface area contributed by atoms with Crippen molar-refractivity contribution in [3.05, 3.63) is 20.8 Å². The molecular weight excluding hydrogens is 306 g/mol. The third-order valence-corrected chi connectivity index (χ3v) is 5.52. The Morgan fingerprint density at radius 1 is 1.33 bits per heavy atom. The monoisotopic (exact) mass is 329 g/mol. The maximum absolute atomic E-state index is 3.68. The van der Waals surface area contributed by atoms with Gasteiger partial charge in [0.15, 0.2) is 0 Å². The van der Waals surface area contributed by atoms with Gasteiger partial charge in [0, 0.05) is 20.3 Å². The van der Waals surface area contributed by atoms with E-state index >= 15 is 0 Å². The minimum absolute atomic E-state index is 0.249. The van der Waals surface area contributed by atoms with E-state index in [1.54, 1.807) is 0 Å². The van der Waals surface area contributed by atoms with Crippen LogP contribution >= 0.6 is 27.3 Å². The Kier molecular flexibility index (Phi) is 4.90. The first-order chi connectivity index (χ1) is 8.44. The van der Waals surface area contributed by atoms with Crippen molar-refractivity contribution < 1.29 is 0 Å². The Hall–Kier alpha value is 0.140. The molecule has 2 rings (SSSR count). The lowest BCUT2D eigenvalue weighted by Gasteiger charge is -2.26. The minimum atomic E-state index is 0.249. The average Bonchev–Trinajstić information content (AvgIpc) is 2.85. The fraction of sp³-hybridized carbons (Fsp3) is 0.733. The standard InChI is InChI=1S/C15H24BrNS/c1-15(2,3)17-9-12-6-4-5-11(12)7-14-8-13(16)10-18-14/h8,10-12,17H,4-7,9H2,1-3H3. The lowest BCUT2D eigenvalue weighted by atomic mass is 9.91. The molecule has 1 aromatic heterocycles. The molecule has 2 atom stereocenters. The van der Waals surface area contributed by atoms with E-state index in [0.29, 0.717) is 0 Å². The maximum Gasteiger partial charge on any atom is 0.0285 e. The molecule has 0 saturated heterocycles. The van der Waals surface area contributed by atoms with E-state index in [0.717, 1.165) is 11.8 Å². The van der Waals surface area contributed by atoms with Crippen molar-refractivity contribution in [2.45, 2.75) is 52.0 Å². The minimum Gasteiger partial charge on any atom is -0.312 e. The maximum atomic E-state index is 3.68. The van der Waals surface area contributed by atoms with E-state index in [-0.39, 0.29) is 5.54 Å². The highest BCUT2D eigenvalue weighted by molar-refractivity contribution is 9.10. The van der Waals surface area contributed by atoms with Gasteiger partial charge in [0.2, 0.25) is 0 Å². The van der Waals surface area contributed by atoms with Gasteiger partial charge < -0.3 is 5.32 Å². The fourth-order valence-electron chi connectivity index (χ4n) is 2.81. The van der Waals surface area contributed by atoms with Crippen molar-refractivity contribution in [3.8, 4) is 0 Å². The molecule has 102 valence electrons. The number of nitrogens with one attached hydrogen (secondary N) is 1. The van der Waals surface area contributed by atoms with Crippen LogP contribution in [0.15, 0.2) is 15.9 Å². The first-order valence-corrected chi connectivity index (χ1v) is 8.59. The molecule has 1 aliphatic rings. The van der Waals surface area contributed by atoms with Crippen LogP contribution in [0.1, 0.15) is 44.9 Å². The molecular formula is C15H24BrNS. The highest BCUT2D eigenvalue weighted by Gasteiger charge is 2.28. The number of hydrogen-bond donors (Lipinski definition) is 1. The topological polar surface area (TPSA) is 12.0 Å². The zero-order valence-electron chi connectivity index (χ0n) is 11.6. The van der Waals surface area contributed by atoms with Crippen LogP contribution in [-0.2, 0) is 6.42 Å². The summed E-state index contributed by atoms with van der Waals surface area (Å²) in [4.78, 5) is 1.54. The van der Waals surface area contributed by atoms with E-state index in [4.69, 9.17) is 0 Å². The first kappa shape index (κ1) is 14.5. The van der Waals surface area contributed by atoms with Crippen LogP contribution in [0.5, 0.6) is 0 Å². The predicted molar refractivity (Wildman–Crippen MR) is 84.3 cm³/mol. The highest BCUT2D eigenvalue weighted by atomic mass is 79.9. The van der Waals surface area contributed by atoms with Crippen LogP contribution in [-0.4, -0.2) is 12.1 Å². The van der Waals surface area contributed by atoms with Gasteiger partial charge in [-0.2, -0.15) is 0 Å². The smallest absolute Gasteiger partial charge is 0.0285 e. The van der Waals surface area contributed by atoms with Gasteiger partial charge in [-0.15, -0.1) is 11.3 Å². The van der Waals surface area contributed by atoms with Gasteiger partial charge in [-0.25, -0.2) is 0 Å². The molecule has 1 aromatic rings. The predicted octanol–water partition coefficient (Wildman–Crippen LogP) is 4.86. The molecule has 3 heteroatoms. The number of halogens is 1. The molecule has 0 aromatic carbocycles. The molecule has 18 heavy (non-hydrogen) atoms. The summed E-state index contributed by atoms with van der Waals surface area (Å²) in [6, 6.07) is 2.29. The van der Waals surface area contributed by atoms with E-state index in [9.17, 15) is 0 Å². The van der Waals surface area contributed by atoms with Gasteiger partial charge in [0.1, 0.15) is 0 Å². The van der Waals surface area contributed by atoms with E-state index in [1.807, 2.05) is 11.3 Å². The molecule has 0 amide bonds. The molecule has 0 spiro atoms. The number of hydrogen-bond acceptors (Lipinski definition) is 2. The third-order valence-electron chi connectivity index (χ3n) is 3.80. The van der Waals surface area contributed by atoms with Gasteiger partial charge in [0.25, 0.3) is 0 Å². The first-order valence-electron chi connectivity index (χ1n) is 6.92. The summed E-state index contributed by atoms with van der Waals surface area (Å²) in [6.07, 6.45) is 5.49. The Labute approximate surface area is 123 Å². The highest BCUT2D eigenvalue weighted by Crippen LogP contribution is 2.35. The molecule has 2 unspecified atom stereocenters. The summed E-state index contributed by atoms with van der Waals surface area (Å²) < 4.78 is 1.24. The summed E-state index contributed by atoms with van der Waals surface area (Å²) in [5, 5.41) is 5.88. The summed E-state index contributed by atoms with van der Waals surface area (Å²) >= 11 is 5.45. The molecule has 1 nitrogen and oxygen atoms in total. The molecule has 0 aliphatic heterocycles. The van der Waals surface area contributed by atoms with Crippen molar-refractivity contribution in [3.63, 3.8) is 0 Å². The largest absolute Gasteiger partial charge is 0.312 e. The molecule has 0 radical (unpaired) electrons. The second-order valence-electron chi connectivity index (χ2n) is 6.52. The van der Waals surface area contributed by atoms with E-state index < -0.39 is 0 Å². The lowest BCUT2D eigenvalue weighted by Crippen LogP contribution is -2.40. The zero-order chi connectivity index (χ0) is 13.2. The zero-order valence-corrected chi connectivity index (χ0v) is 14.0. The van der Waals surface area contributed by atoms with Crippen molar-refractivity contribution in [2.75, 3.05) is 6.54 Å². The fourth-order valence-corrected chi connectivity index (χ4v) is 4.35. The molecule has 1 saturated carbocycles. The van der Waals surface area contributed by atoms with Crippen molar-refractivity contribution in [1.29, 1.82) is 0 Å². The second kappa shape index (κ2) is 6.06. The summed E-state index contributed by atoms with van der Waals surface area (Å²) in [7, 11) is 0. The van der Waals surface area contributed by atoms with Gasteiger partial charge in [-0.05, 0) is 80.4 Å². The summed E-state index contributed by atoms with van der Waals surface area (Å²) in [5.74, 6) is 1.75. The van der Waals surface area contributed by atoms with Crippen molar-refractivity contribution >= 4 is 27.3 Å². The number of thiophene rings is 1. The third kappa shape index (κ3) is 4.36. The van der Waals surface area contributed by atoms with Gasteiger partial charge in [-0.3, -0.25) is 0 Å². The van der Waals surface area contributed by atoms with Crippen molar-refractivity contribution in [2.24, 2.45) is 11.8 Å². The van der Waals surface area contributed by atoms with Crippen LogP contribution < -0.4 is 5.32 Å². The Balaban J connectivity index is 1.87. The van der Waals surface area contributed by atoms with Crippen LogP contribution in [0.2, 0.25) is 0 Å². The average molecular weight is 330 g/mol. The van der Waals surface area contributed by atoms with Gasteiger partial charge >= 0.3 is 0 Å². The number of rotatable bonds is 4. The quantitative estimate of drug-likeness (QED) is 0.831.